The predicted molar refractivity (Wildman–Crippen MR) is 53.8 cm³/mol. The van der Waals surface area contributed by atoms with Gasteiger partial charge in [0.15, 0.2) is 0 Å². The van der Waals surface area contributed by atoms with E-state index in [0.717, 1.165) is 0 Å². The normalized spacial score (nSPS) is 9.25. The second-order valence-electron chi connectivity index (χ2n) is 1.92. The number of halogens is 3. The number of nitrogens with zero attached hydrogens (tertiary/aromatic N) is 1. The molecule has 0 radical (unpaired) electrons. The van der Waals surface area contributed by atoms with Crippen LogP contribution in [0.1, 0.15) is 0 Å². The Labute approximate surface area is 87.4 Å². The Kier molecular flexibility index (Phi) is 3.35. The van der Waals surface area contributed by atoms with Crippen LogP contribution in [-0.2, 0) is 0 Å². The summed E-state index contributed by atoms with van der Waals surface area (Å²) in [7, 11) is 0. The number of aliphatic imine (C=N–C) groups is 1. The van der Waals surface area contributed by atoms with E-state index in [-0.39, 0.29) is 5.69 Å². The summed E-state index contributed by atoms with van der Waals surface area (Å²) >= 11 is 13.0. The van der Waals surface area contributed by atoms with Crippen LogP contribution in [0.3, 0.4) is 0 Å². The first-order valence-electron chi connectivity index (χ1n) is 2.87. The summed E-state index contributed by atoms with van der Waals surface area (Å²) in [6, 6.07) is 2.61. The molecule has 62 valence electrons. The van der Waals surface area contributed by atoms with Crippen molar-refractivity contribution in [2.75, 3.05) is 0 Å². The molecule has 0 unspecified atom stereocenters. The van der Waals surface area contributed by atoms with Gasteiger partial charge < -0.3 is 0 Å². The fourth-order valence-corrected chi connectivity index (χ4v) is 1.43. The molecular weight excluding hydrogens is 265 g/mol. The van der Waals surface area contributed by atoms with E-state index >= 15 is 0 Å². The van der Waals surface area contributed by atoms with Gasteiger partial charge in [-0.2, -0.15) is 4.99 Å². The number of thiocarbonyl (C=S) groups is 1. The number of isothiocyanates is 1. The van der Waals surface area contributed by atoms with E-state index in [1.165, 1.54) is 12.1 Å². The average molecular weight is 267 g/mol. The maximum Gasteiger partial charge on any atom is 0.139 e. The van der Waals surface area contributed by atoms with E-state index in [1.807, 2.05) is 0 Å². The molecule has 0 fully saturated rings. The van der Waals surface area contributed by atoms with Gasteiger partial charge in [0.05, 0.1) is 20.3 Å². The summed E-state index contributed by atoms with van der Waals surface area (Å²) in [5, 5.41) is 2.45. The molecule has 0 aromatic heterocycles. The van der Waals surface area contributed by atoms with Crippen molar-refractivity contribution in [3.05, 3.63) is 27.4 Å². The van der Waals surface area contributed by atoms with Crippen LogP contribution in [0.15, 0.2) is 21.6 Å². The molecule has 0 saturated heterocycles. The van der Waals surface area contributed by atoms with Gasteiger partial charge in [-0.15, -0.1) is 0 Å². The van der Waals surface area contributed by atoms with E-state index < -0.39 is 5.82 Å². The van der Waals surface area contributed by atoms with Gasteiger partial charge in [-0.3, -0.25) is 0 Å². The molecule has 0 amide bonds. The van der Waals surface area contributed by atoms with Crippen molar-refractivity contribution in [3.63, 3.8) is 0 Å². The number of hydrogen-bond acceptors (Lipinski definition) is 2. The van der Waals surface area contributed by atoms with E-state index in [2.05, 4.69) is 38.3 Å². The highest BCUT2D eigenvalue weighted by atomic mass is 79.9. The van der Waals surface area contributed by atoms with Crippen LogP contribution in [0.2, 0.25) is 5.02 Å². The molecule has 0 bridgehead atoms. The molecule has 0 N–H and O–H groups in total. The molecule has 1 aromatic rings. The van der Waals surface area contributed by atoms with Gasteiger partial charge in [0.2, 0.25) is 0 Å². The summed E-state index contributed by atoms with van der Waals surface area (Å²) in [4.78, 5) is 3.58. The highest BCUT2D eigenvalue weighted by Gasteiger charge is 2.04. The lowest BCUT2D eigenvalue weighted by Gasteiger charge is -1.98. The molecule has 1 aromatic carbocycles. The van der Waals surface area contributed by atoms with Gasteiger partial charge in [0.1, 0.15) is 5.82 Å². The second kappa shape index (κ2) is 4.10. The number of rotatable bonds is 1. The predicted octanol–water partition coefficient (Wildman–Crippen LogP) is 3.98. The first kappa shape index (κ1) is 9.81. The summed E-state index contributed by atoms with van der Waals surface area (Å²) in [6.45, 7) is 0. The smallest absolute Gasteiger partial charge is 0.139 e. The third-order valence-electron chi connectivity index (χ3n) is 1.16. The van der Waals surface area contributed by atoms with Crippen LogP contribution >= 0.6 is 39.7 Å². The summed E-state index contributed by atoms with van der Waals surface area (Å²) in [5.41, 5.74) is 0.285. The molecule has 1 nitrogen and oxygen atoms in total. The van der Waals surface area contributed by atoms with Gasteiger partial charge >= 0.3 is 0 Å². The quantitative estimate of drug-likeness (QED) is 0.425. The Bertz CT molecular complexity index is 363. The third kappa shape index (κ3) is 2.11. The first-order valence-corrected chi connectivity index (χ1v) is 4.45. The minimum atomic E-state index is -0.427. The monoisotopic (exact) mass is 265 g/mol. The molecule has 0 heterocycles. The fourth-order valence-electron chi connectivity index (χ4n) is 0.647. The summed E-state index contributed by atoms with van der Waals surface area (Å²) in [5.74, 6) is -0.427. The second-order valence-corrected chi connectivity index (χ2v) is 3.36. The molecule has 0 spiro atoms. The van der Waals surface area contributed by atoms with Crippen LogP contribution in [0, 0.1) is 5.82 Å². The van der Waals surface area contributed by atoms with Crippen molar-refractivity contribution in [1.82, 2.24) is 0 Å². The molecule has 5 heteroatoms. The van der Waals surface area contributed by atoms with Crippen molar-refractivity contribution in [1.29, 1.82) is 0 Å². The molecule has 12 heavy (non-hydrogen) atoms. The van der Waals surface area contributed by atoms with Crippen LogP contribution in [0.5, 0.6) is 0 Å². The molecular formula is C7H2BrClFNS. The van der Waals surface area contributed by atoms with Gasteiger partial charge in [-0.1, -0.05) is 11.6 Å². The van der Waals surface area contributed by atoms with Gasteiger partial charge in [0.25, 0.3) is 0 Å². The fraction of sp³-hybridized carbons (Fsp3) is 0. The zero-order valence-corrected chi connectivity index (χ0v) is 8.80. The number of benzene rings is 1. The molecule has 0 saturated carbocycles. The van der Waals surface area contributed by atoms with Crippen LogP contribution < -0.4 is 0 Å². The van der Waals surface area contributed by atoms with Gasteiger partial charge in [-0.05, 0) is 34.2 Å². The molecule has 0 atom stereocenters. The van der Waals surface area contributed by atoms with Crippen molar-refractivity contribution in [3.8, 4) is 0 Å². The molecule has 0 aliphatic rings. The standard InChI is InChI=1S/C7H2BrClFNS/c8-4-1-5(9)7(11-3-12)2-6(4)10/h1-2H. The highest BCUT2D eigenvalue weighted by Crippen LogP contribution is 2.30. The minimum Gasteiger partial charge on any atom is -0.206 e. The number of hydrogen-bond donors (Lipinski definition) is 0. The highest BCUT2D eigenvalue weighted by molar-refractivity contribution is 9.10. The minimum absolute atomic E-state index is 0.285. The van der Waals surface area contributed by atoms with E-state index in [0.29, 0.717) is 9.50 Å². The Morgan fingerprint density at radius 3 is 2.83 bits per heavy atom. The van der Waals surface area contributed by atoms with Crippen LogP contribution in [0.4, 0.5) is 10.1 Å². The zero-order valence-electron chi connectivity index (χ0n) is 5.64. The Hall–Kier alpha value is -0.280. The third-order valence-corrected chi connectivity index (χ3v) is 2.16. The van der Waals surface area contributed by atoms with Crippen molar-refractivity contribution in [2.45, 2.75) is 0 Å². The largest absolute Gasteiger partial charge is 0.206 e. The SMILES string of the molecule is Fc1cc(N=C=S)c(Cl)cc1Br. The van der Waals surface area contributed by atoms with E-state index in [1.54, 1.807) is 0 Å². The molecule has 0 aliphatic carbocycles. The van der Waals surface area contributed by atoms with Crippen molar-refractivity contribution in [2.24, 2.45) is 4.99 Å². The van der Waals surface area contributed by atoms with E-state index in [9.17, 15) is 4.39 Å². The Morgan fingerprint density at radius 1 is 1.58 bits per heavy atom. The van der Waals surface area contributed by atoms with Crippen molar-refractivity contribution < 1.29 is 4.39 Å². The van der Waals surface area contributed by atoms with Gasteiger partial charge in [0, 0.05) is 6.07 Å². The lowest BCUT2D eigenvalue weighted by Crippen LogP contribution is -1.77. The van der Waals surface area contributed by atoms with Gasteiger partial charge in [-0.25, -0.2) is 4.39 Å². The maximum absolute atomic E-state index is 12.9. The van der Waals surface area contributed by atoms with Crippen LogP contribution in [-0.4, -0.2) is 5.16 Å². The topological polar surface area (TPSA) is 12.4 Å². The van der Waals surface area contributed by atoms with Crippen LogP contribution in [0.25, 0.3) is 0 Å². The molecule has 0 aliphatic heterocycles. The first-order chi connectivity index (χ1) is 5.65. The lowest BCUT2D eigenvalue weighted by molar-refractivity contribution is 0.621. The average Bonchev–Trinajstić information content (AvgIpc) is 2.01. The Balaban J connectivity index is 3.32. The zero-order chi connectivity index (χ0) is 9.14. The summed E-state index contributed by atoms with van der Waals surface area (Å²) in [6.07, 6.45) is 0. The summed E-state index contributed by atoms with van der Waals surface area (Å²) < 4.78 is 13.2. The lowest BCUT2D eigenvalue weighted by atomic mass is 10.3. The van der Waals surface area contributed by atoms with Crippen molar-refractivity contribution >= 4 is 50.6 Å². The Morgan fingerprint density at radius 2 is 2.25 bits per heavy atom. The maximum atomic E-state index is 12.9. The van der Waals surface area contributed by atoms with E-state index in [4.69, 9.17) is 11.6 Å². The molecule has 1 rings (SSSR count).